The van der Waals surface area contributed by atoms with Gasteiger partial charge in [-0.1, -0.05) is 25.1 Å². The predicted octanol–water partition coefficient (Wildman–Crippen LogP) is 2.17. The van der Waals surface area contributed by atoms with Gasteiger partial charge in [0, 0.05) is 12.5 Å². The molecule has 2 rings (SSSR count). The molecule has 6 nitrogen and oxygen atoms in total. The summed E-state index contributed by atoms with van der Waals surface area (Å²) in [6.45, 7) is 2.92. The highest BCUT2D eigenvalue weighted by atomic mass is 16.5. The Kier molecular flexibility index (Phi) is 5.78. The van der Waals surface area contributed by atoms with Gasteiger partial charge < -0.3 is 14.9 Å². The van der Waals surface area contributed by atoms with Crippen molar-refractivity contribution < 1.29 is 9.47 Å². The number of aryl methyl sites for hydroxylation is 1. The molecule has 0 saturated heterocycles. The number of para-hydroxylation sites is 1. The first kappa shape index (κ1) is 15.1. The SMILES string of the molecule is CCCc1nc(NN)cc(OCCOc2ccccc2)n1. The van der Waals surface area contributed by atoms with E-state index in [1.54, 1.807) is 6.07 Å². The summed E-state index contributed by atoms with van der Waals surface area (Å²) >= 11 is 0. The standard InChI is InChI=1S/C15H20N4O2/c1-2-6-13-17-14(19-16)11-15(18-13)21-10-9-20-12-7-4-3-5-8-12/h3-5,7-8,11H,2,6,9-10,16H2,1H3,(H,17,18,19). The third kappa shape index (κ3) is 4.92. The van der Waals surface area contributed by atoms with Gasteiger partial charge in [-0.05, 0) is 18.6 Å². The Morgan fingerprint density at radius 3 is 2.57 bits per heavy atom. The molecule has 0 aliphatic carbocycles. The lowest BCUT2D eigenvalue weighted by atomic mass is 10.3. The van der Waals surface area contributed by atoms with Crippen LogP contribution in [-0.4, -0.2) is 23.2 Å². The number of hydrazine groups is 1. The highest BCUT2D eigenvalue weighted by molar-refractivity contribution is 5.37. The minimum atomic E-state index is 0.404. The van der Waals surface area contributed by atoms with Gasteiger partial charge in [0.15, 0.2) is 0 Å². The van der Waals surface area contributed by atoms with Gasteiger partial charge in [-0.25, -0.2) is 10.8 Å². The number of nitrogen functional groups attached to an aromatic ring is 1. The molecular formula is C15H20N4O2. The second kappa shape index (κ2) is 8.06. The normalized spacial score (nSPS) is 10.2. The van der Waals surface area contributed by atoms with Gasteiger partial charge in [0.2, 0.25) is 5.88 Å². The Morgan fingerprint density at radius 1 is 1.10 bits per heavy atom. The zero-order chi connectivity index (χ0) is 14.9. The maximum absolute atomic E-state index is 5.59. The third-order valence-electron chi connectivity index (χ3n) is 2.72. The van der Waals surface area contributed by atoms with Gasteiger partial charge in [0.05, 0.1) is 0 Å². The first-order valence-corrected chi connectivity index (χ1v) is 6.97. The molecule has 21 heavy (non-hydrogen) atoms. The largest absolute Gasteiger partial charge is 0.490 e. The van der Waals surface area contributed by atoms with E-state index >= 15 is 0 Å². The van der Waals surface area contributed by atoms with Crippen molar-refractivity contribution in [2.45, 2.75) is 19.8 Å². The number of aromatic nitrogens is 2. The molecule has 3 N–H and O–H groups in total. The van der Waals surface area contributed by atoms with E-state index in [0.29, 0.717) is 30.7 Å². The van der Waals surface area contributed by atoms with Gasteiger partial charge >= 0.3 is 0 Å². The van der Waals surface area contributed by atoms with Gasteiger partial charge in [-0.3, -0.25) is 0 Å². The van der Waals surface area contributed by atoms with E-state index in [4.69, 9.17) is 15.3 Å². The van der Waals surface area contributed by atoms with Crippen LogP contribution in [0, 0.1) is 0 Å². The van der Waals surface area contributed by atoms with Crippen molar-refractivity contribution in [2.24, 2.45) is 5.84 Å². The number of nitrogens with one attached hydrogen (secondary N) is 1. The minimum absolute atomic E-state index is 0.404. The average Bonchev–Trinajstić information content (AvgIpc) is 2.53. The fourth-order valence-corrected chi connectivity index (χ4v) is 1.78. The van der Waals surface area contributed by atoms with E-state index in [0.717, 1.165) is 18.6 Å². The van der Waals surface area contributed by atoms with Gasteiger partial charge in [0.25, 0.3) is 0 Å². The smallest absolute Gasteiger partial charge is 0.218 e. The highest BCUT2D eigenvalue weighted by Crippen LogP contribution is 2.14. The molecule has 0 spiro atoms. The summed E-state index contributed by atoms with van der Waals surface area (Å²) in [5.74, 6) is 7.97. The second-order valence-corrected chi connectivity index (χ2v) is 4.41. The van der Waals surface area contributed by atoms with Gasteiger partial charge in [0.1, 0.15) is 30.6 Å². The Morgan fingerprint density at radius 2 is 1.86 bits per heavy atom. The predicted molar refractivity (Wildman–Crippen MR) is 81.3 cm³/mol. The summed E-state index contributed by atoms with van der Waals surface area (Å²) in [5, 5.41) is 0. The second-order valence-electron chi connectivity index (χ2n) is 4.41. The van der Waals surface area contributed by atoms with Crippen molar-refractivity contribution in [2.75, 3.05) is 18.6 Å². The highest BCUT2D eigenvalue weighted by Gasteiger charge is 2.04. The molecule has 0 fully saturated rings. The van der Waals surface area contributed by atoms with Gasteiger partial charge in [-0.2, -0.15) is 4.98 Å². The van der Waals surface area contributed by atoms with Crippen LogP contribution in [0.25, 0.3) is 0 Å². The molecule has 0 aliphatic rings. The molecule has 0 bridgehead atoms. The Balaban J connectivity index is 1.86. The molecule has 6 heteroatoms. The lowest BCUT2D eigenvalue weighted by Gasteiger charge is -2.10. The fraction of sp³-hybridized carbons (Fsp3) is 0.333. The van der Waals surface area contributed by atoms with Crippen LogP contribution in [-0.2, 0) is 6.42 Å². The molecule has 112 valence electrons. The van der Waals surface area contributed by atoms with E-state index < -0.39 is 0 Å². The number of rotatable bonds is 8. The summed E-state index contributed by atoms with van der Waals surface area (Å²) in [5.41, 5.74) is 2.52. The summed E-state index contributed by atoms with van der Waals surface area (Å²) < 4.78 is 11.1. The molecule has 0 unspecified atom stereocenters. The average molecular weight is 288 g/mol. The van der Waals surface area contributed by atoms with Crippen molar-refractivity contribution in [1.82, 2.24) is 9.97 Å². The molecule has 1 heterocycles. The lowest BCUT2D eigenvalue weighted by molar-refractivity contribution is 0.211. The maximum atomic E-state index is 5.59. The van der Waals surface area contributed by atoms with Crippen LogP contribution in [0.3, 0.4) is 0 Å². The molecule has 0 radical (unpaired) electrons. The van der Waals surface area contributed by atoms with Crippen LogP contribution in [0.5, 0.6) is 11.6 Å². The van der Waals surface area contributed by atoms with E-state index in [2.05, 4.69) is 22.3 Å². The molecule has 1 aromatic heterocycles. The van der Waals surface area contributed by atoms with Crippen LogP contribution in [0.15, 0.2) is 36.4 Å². The van der Waals surface area contributed by atoms with Crippen molar-refractivity contribution in [3.8, 4) is 11.6 Å². The molecule has 0 aliphatic heterocycles. The minimum Gasteiger partial charge on any atom is -0.490 e. The van der Waals surface area contributed by atoms with Crippen LogP contribution < -0.4 is 20.7 Å². The van der Waals surface area contributed by atoms with E-state index in [1.807, 2.05) is 30.3 Å². The van der Waals surface area contributed by atoms with E-state index in [1.165, 1.54) is 0 Å². The zero-order valence-corrected chi connectivity index (χ0v) is 12.1. The summed E-state index contributed by atoms with van der Waals surface area (Å²) in [7, 11) is 0. The first-order chi connectivity index (χ1) is 10.3. The maximum Gasteiger partial charge on any atom is 0.218 e. The molecular weight excluding hydrogens is 268 g/mol. The molecule has 0 amide bonds. The number of nitrogens with zero attached hydrogens (tertiary/aromatic N) is 2. The van der Waals surface area contributed by atoms with Crippen molar-refractivity contribution in [3.63, 3.8) is 0 Å². The number of anilines is 1. The van der Waals surface area contributed by atoms with Gasteiger partial charge in [-0.15, -0.1) is 0 Å². The molecule has 1 aromatic carbocycles. The van der Waals surface area contributed by atoms with Crippen LogP contribution in [0.4, 0.5) is 5.82 Å². The zero-order valence-electron chi connectivity index (χ0n) is 12.1. The fourth-order valence-electron chi connectivity index (χ4n) is 1.78. The number of benzene rings is 1. The lowest BCUT2D eigenvalue weighted by Crippen LogP contribution is -2.13. The number of ether oxygens (including phenoxy) is 2. The molecule has 2 aromatic rings. The monoisotopic (exact) mass is 288 g/mol. The van der Waals surface area contributed by atoms with Crippen LogP contribution in [0.1, 0.15) is 19.2 Å². The van der Waals surface area contributed by atoms with Crippen LogP contribution >= 0.6 is 0 Å². The summed E-state index contributed by atoms with van der Waals surface area (Å²) in [6, 6.07) is 11.3. The molecule has 0 atom stereocenters. The van der Waals surface area contributed by atoms with Crippen molar-refractivity contribution in [1.29, 1.82) is 0 Å². The summed E-state index contributed by atoms with van der Waals surface area (Å²) in [4.78, 5) is 8.59. The molecule has 0 saturated carbocycles. The first-order valence-electron chi connectivity index (χ1n) is 6.97. The number of hydrogen-bond donors (Lipinski definition) is 2. The van der Waals surface area contributed by atoms with Crippen molar-refractivity contribution in [3.05, 3.63) is 42.2 Å². The summed E-state index contributed by atoms with van der Waals surface area (Å²) in [6.07, 6.45) is 1.75. The Labute approximate surface area is 124 Å². The number of hydrogen-bond acceptors (Lipinski definition) is 6. The number of nitrogens with two attached hydrogens (primary N) is 1. The Hall–Kier alpha value is -2.34. The van der Waals surface area contributed by atoms with Crippen molar-refractivity contribution >= 4 is 5.82 Å². The topological polar surface area (TPSA) is 82.3 Å². The van der Waals surface area contributed by atoms with E-state index in [-0.39, 0.29) is 0 Å². The Bertz CT molecular complexity index is 549. The third-order valence-corrected chi connectivity index (χ3v) is 2.72. The van der Waals surface area contributed by atoms with Crippen LogP contribution in [0.2, 0.25) is 0 Å². The van der Waals surface area contributed by atoms with E-state index in [9.17, 15) is 0 Å². The quantitative estimate of drug-likeness (QED) is 0.440.